The quantitative estimate of drug-likeness (QED) is 0.0254. The topological polar surface area (TPSA) is 307 Å². The lowest BCUT2D eigenvalue weighted by molar-refractivity contribution is -0.379. The van der Waals surface area contributed by atoms with E-state index in [4.69, 9.17) is 28.4 Å². The molecule has 460 valence electrons. The molecular formula is C59H111NO18. The van der Waals surface area contributed by atoms with Crippen molar-refractivity contribution in [1.82, 2.24) is 5.32 Å². The zero-order chi connectivity index (χ0) is 56.9. The molecule has 0 spiro atoms. The van der Waals surface area contributed by atoms with Crippen LogP contribution in [0.1, 0.15) is 226 Å². The second-order valence-electron chi connectivity index (χ2n) is 22.5. The Labute approximate surface area is 467 Å². The Morgan fingerprint density at radius 2 is 0.808 bits per heavy atom. The summed E-state index contributed by atoms with van der Waals surface area (Å²) >= 11 is 0. The molecular weight excluding hydrogens is 1010 g/mol. The maximum absolute atomic E-state index is 13.3. The van der Waals surface area contributed by atoms with Gasteiger partial charge in [0.2, 0.25) is 5.91 Å². The zero-order valence-electron chi connectivity index (χ0n) is 47.9. The van der Waals surface area contributed by atoms with Crippen molar-refractivity contribution < 1.29 is 89.4 Å². The third-order valence-corrected chi connectivity index (χ3v) is 15.8. The lowest BCUT2D eigenvalue weighted by Crippen LogP contribution is -2.66. The Morgan fingerprint density at radius 1 is 0.449 bits per heavy atom. The number of allylic oxidation sites excluding steroid dienone is 2. The maximum atomic E-state index is 13.3. The molecule has 0 aliphatic carbocycles. The highest BCUT2D eigenvalue weighted by Crippen LogP contribution is 2.33. The van der Waals surface area contributed by atoms with Crippen LogP contribution in [0.25, 0.3) is 0 Å². The molecule has 12 N–H and O–H groups in total. The van der Waals surface area contributed by atoms with E-state index in [-0.39, 0.29) is 18.9 Å². The summed E-state index contributed by atoms with van der Waals surface area (Å²) in [5.41, 5.74) is 0. The van der Waals surface area contributed by atoms with Crippen LogP contribution in [0.5, 0.6) is 0 Å². The largest absolute Gasteiger partial charge is 0.394 e. The molecule has 0 aromatic rings. The van der Waals surface area contributed by atoms with Crippen LogP contribution < -0.4 is 5.32 Å². The summed E-state index contributed by atoms with van der Waals surface area (Å²) in [5.74, 6) is -0.251. The van der Waals surface area contributed by atoms with Crippen LogP contribution in [0.3, 0.4) is 0 Å². The molecule has 0 radical (unpaired) electrons. The van der Waals surface area contributed by atoms with Crippen LogP contribution in [0.2, 0.25) is 0 Å². The van der Waals surface area contributed by atoms with Crippen LogP contribution in [-0.2, 0) is 33.2 Å². The van der Waals surface area contributed by atoms with Gasteiger partial charge in [-0.25, -0.2) is 0 Å². The average molecular weight is 1120 g/mol. The van der Waals surface area contributed by atoms with Crippen molar-refractivity contribution >= 4 is 5.91 Å². The SMILES string of the molecule is CCCCCC/C=C\CCCCCCCC(=O)NC(COC1OC(CO)C(OC2OC(CO)C(OC3OC(CO)C(O)C(O)C3O)C(O)C2O)C(O)C1O)C(O)CCCCCCCCCCCCCCCCCCCCCC. The number of rotatable bonds is 46. The number of ether oxygens (including phenoxy) is 6. The van der Waals surface area contributed by atoms with E-state index in [2.05, 4.69) is 31.3 Å². The Hall–Kier alpha value is -1.47. The first-order valence-corrected chi connectivity index (χ1v) is 30.9. The fourth-order valence-corrected chi connectivity index (χ4v) is 10.7. The highest BCUT2D eigenvalue weighted by atomic mass is 16.8. The van der Waals surface area contributed by atoms with E-state index in [0.717, 1.165) is 64.2 Å². The summed E-state index contributed by atoms with van der Waals surface area (Å²) < 4.78 is 34.3. The number of unbranched alkanes of at least 4 members (excludes halogenated alkanes) is 28. The van der Waals surface area contributed by atoms with Crippen LogP contribution in [0.4, 0.5) is 0 Å². The van der Waals surface area contributed by atoms with Crippen molar-refractivity contribution in [3.05, 3.63) is 12.2 Å². The summed E-state index contributed by atoms with van der Waals surface area (Å²) in [5, 5.41) is 120. The number of nitrogens with one attached hydrogen (secondary N) is 1. The Morgan fingerprint density at radius 3 is 1.26 bits per heavy atom. The van der Waals surface area contributed by atoms with Gasteiger partial charge >= 0.3 is 0 Å². The minimum absolute atomic E-state index is 0.251. The molecule has 17 atom stereocenters. The van der Waals surface area contributed by atoms with Crippen LogP contribution in [0, 0.1) is 0 Å². The number of carbonyl (C=O) groups excluding carboxylic acids is 1. The first-order valence-electron chi connectivity index (χ1n) is 30.9. The molecule has 3 rings (SSSR count). The monoisotopic (exact) mass is 1120 g/mol. The molecule has 3 fully saturated rings. The number of aliphatic hydroxyl groups is 11. The van der Waals surface area contributed by atoms with E-state index in [1.165, 1.54) is 128 Å². The number of aliphatic hydroxyl groups excluding tert-OH is 11. The van der Waals surface area contributed by atoms with E-state index >= 15 is 0 Å². The Bertz CT molecular complexity index is 1480. The van der Waals surface area contributed by atoms with Crippen molar-refractivity contribution in [3.63, 3.8) is 0 Å². The van der Waals surface area contributed by atoms with Gasteiger partial charge in [-0.2, -0.15) is 0 Å². The zero-order valence-corrected chi connectivity index (χ0v) is 47.9. The molecule has 1 amide bonds. The number of hydrogen-bond donors (Lipinski definition) is 12. The van der Waals surface area contributed by atoms with E-state index in [1.807, 2.05) is 0 Å². The van der Waals surface area contributed by atoms with Crippen molar-refractivity contribution in [2.45, 2.75) is 330 Å². The molecule has 0 saturated carbocycles. The van der Waals surface area contributed by atoms with Gasteiger partial charge in [-0.15, -0.1) is 0 Å². The molecule has 19 heteroatoms. The normalized spacial score (nSPS) is 30.5. The van der Waals surface area contributed by atoms with Gasteiger partial charge in [0.1, 0.15) is 73.2 Å². The number of amides is 1. The van der Waals surface area contributed by atoms with Crippen molar-refractivity contribution in [2.75, 3.05) is 26.4 Å². The number of carbonyl (C=O) groups is 1. The van der Waals surface area contributed by atoms with Crippen LogP contribution in [0.15, 0.2) is 12.2 Å². The summed E-state index contributed by atoms with van der Waals surface area (Å²) in [6, 6.07) is -0.887. The van der Waals surface area contributed by atoms with Gasteiger partial charge in [0.05, 0.1) is 38.6 Å². The van der Waals surface area contributed by atoms with Gasteiger partial charge in [-0.05, 0) is 38.5 Å². The summed E-state index contributed by atoms with van der Waals surface area (Å²) in [6.45, 7) is 1.78. The minimum Gasteiger partial charge on any atom is -0.394 e. The van der Waals surface area contributed by atoms with Crippen molar-refractivity contribution in [2.24, 2.45) is 0 Å². The van der Waals surface area contributed by atoms with E-state index in [0.29, 0.717) is 12.8 Å². The van der Waals surface area contributed by atoms with Gasteiger partial charge in [0.25, 0.3) is 0 Å². The Balaban J connectivity index is 1.48. The highest BCUT2D eigenvalue weighted by Gasteiger charge is 2.53. The van der Waals surface area contributed by atoms with Gasteiger partial charge in [-0.1, -0.05) is 193 Å². The maximum Gasteiger partial charge on any atom is 0.220 e. The summed E-state index contributed by atoms with van der Waals surface area (Å²) in [7, 11) is 0. The first-order chi connectivity index (χ1) is 37.8. The molecule has 0 aromatic heterocycles. The van der Waals surface area contributed by atoms with Crippen molar-refractivity contribution in [3.8, 4) is 0 Å². The fraction of sp³-hybridized carbons (Fsp3) is 0.949. The summed E-state index contributed by atoms with van der Waals surface area (Å²) in [6.07, 6.45) is 15.8. The fourth-order valence-electron chi connectivity index (χ4n) is 10.7. The van der Waals surface area contributed by atoms with Crippen molar-refractivity contribution in [1.29, 1.82) is 0 Å². The third-order valence-electron chi connectivity index (χ3n) is 15.8. The van der Waals surface area contributed by atoms with Gasteiger partial charge < -0.3 is 89.9 Å². The van der Waals surface area contributed by atoms with E-state index in [1.54, 1.807) is 0 Å². The van der Waals surface area contributed by atoms with Gasteiger partial charge in [0, 0.05) is 6.42 Å². The lowest BCUT2D eigenvalue weighted by atomic mass is 9.96. The van der Waals surface area contributed by atoms with Crippen LogP contribution >= 0.6 is 0 Å². The third kappa shape index (κ3) is 26.8. The van der Waals surface area contributed by atoms with E-state index < -0.39 is 124 Å². The smallest absolute Gasteiger partial charge is 0.220 e. The van der Waals surface area contributed by atoms with Crippen LogP contribution in [-0.4, -0.2) is 193 Å². The molecule has 3 aliphatic rings. The highest BCUT2D eigenvalue weighted by molar-refractivity contribution is 5.76. The standard InChI is InChI=1S/C59H111NO18/c1-3-5-7-9-11-13-15-17-18-19-20-21-22-23-25-26-28-30-32-34-36-43(64)42(60-47(65)37-35-33-31-29-27-24-16-14-12-10-8-6-4-2)41-73-57-53(71)50(68)55(45(39-62)75-57)78-59-54(72)51(69)56(46(40-63)76-59)77-58-52(70)49(67)48(66)44(38-61)74-58/h14,16,42-46,48-59,61-64,66-72H,3-13,15,17-41H2,1-2H3,(H,60,65)/b16-14-. The second kappa shape index (κ2) is 43.2. The molecule has 17 unspecified atom stereocenters. The summed E-state index contributed by atoms with van der Waals surface area (Å²) in [4.78, 5) is 13.3. The second-order valence-corrected chi connectivity index (χ2v) is 22.5. The molecule has 3 saturated heterocycles. The molecule has 0 bridgehead atoms. The van der Waals surface area contributed by atoms with Gasteiger partial charge in [0.15, 0.2) is 18.9 Å². The molecule has 0 aromatic carbocycles. The predicted octanol–water partition coefficient (Wildman–Crippen LogP) is 5.77. The van der Waals surface area contributed by atoms with E-state index in [9.17, 15) is 61.0 Å². The predicted molar refractivity (Wildman–Crippen MR) is 296 cm³/mol. The molecule has 3 heterocycles. The molecule has 19 nitrogen and oxygen atoms in total. The Kier molecular flexibility index (Phi) is 39.2. The lowest BCUT2D eigenvalue weighted by Gasteiger charge is -2.48. The molecule has 78 heavy (non-hydrogen) atoms. The number of hydrogen-bond acceptors (Lipinski definition) is 18. The molecule has 3 aliphatic heterocycles. The average Bonchev–Trinajstić information content (AvgIpc) is 3.43. The van der Waals surface area contributed by atoms with Gasteiger partial charge in [-0.3, -0.25) is 4.79 Å². The first kappa shape index (κ1) is 70.8. The minimum atomic E-state index is -1.97.